The molecule has 0 bridgehead atoms. The summed E-state index contributed by atoms with van der Waals surface area (Å²) in [6, 6.07) is 7.01. The van der Waals surface area contributed by atoms with Crippen LogP contribution in [0.5, 0.6) is 0 Å². The van der Waals surface area contributed by atoms with Gasteiger partial charge >= 0.3 is 0 Å². The van der Waals surface area contributed by atoms with Gasteiger partial charge in [0.25, 0.3) is 0 Å². The molecule has 0 heterocycles. The fourth-order valence-corrected chi connectivity index (χ4v) is 1.93. The fraction of sp³-hybridized carbons (Fsp3) is 0.652. The molecule has 0 radical (unpaired) electrons. The Labute approximate surface area is 146 Å². The second-order valence-corrected chi connectivity index (χ2v) is 9.37. The number of hydrogen-bond donors (Lipinski definition) is 0. The van der Waals surface area contributed by atoms with Crippen molar-refractivity contribution in [1.29, 1.82) is 0 Å². The average molecular weight is 317 g/mol. The molecule has 0 saturated carbocycles. The lowest BCUT2D eigenvalue weighted by atomic mass is 9.79. The van der Waals surface area contributed by atoms with Crippen molar-refractivity contribution in [2.24, 2.45) is 5.92 Å². The molecule has 1 rings (SSSR count). The van der Waals surface area contributed by atoms with Gasteiger partial charge in [0.05, 0.1) is 0 Å². The first-order valence-corrected chi connectivity index (χ1v) is 9.08. The van der Waals surface area contributed by atoms with E-state index >= 15 is 0 Å². The van der Waals surface area contributed by atoms with Gasteiger partial charge < -0.3 is 0 Å². The fourth-order valence-electron chi connectivity index (χ4n) is 1.93. The molecule has 1 aromatic carbocycles. The van der Waals surface area contributed by atoms with Crippen LogP contribution in [-0.4, -0.2) is 0 Å². The summed E-state index contributed by atoms with van der Waals surface area (Å²) < 4.78 is 0. The van der Waals surface area contributed by atoms with E-state index in [1.807, 2.05) is 0 Å². The average Bonchev–Trinajstić information content (AvgIpc) is 2.36. The smallest absolute Gasteiger partial charge is 0.0132 e. The highest BCUT2D eigenvalue weighted by molar-refractivity contribution is 5.55. The molecule has 0 aliphatic rings. The maximum absolute atomic E-state index is 2.36. The van der Waals surface area contributed by atoms with Gasteiger partial charge in [0.1, 0.15) is 0 Å². The SMILES string of the molecule is CC(C)=Cc1cc(C(C)(C)C)cc(C(C)(C)C)c1.CCC(C)C. The van der Waals surface area contributed by atoms with Crippen molar-refractivity contribution < 1.29 is 0 Å². The van der Waals surface area contributed by atoms with Crippen LogP contribution in [-0.2, 0) is 10.8 Å². The molecular weight excluding hydrogens is 276 g/mol. The molecule has 0 nitrogen and oxygen atoms in total. The maximum Gasteiger partial charge on any atom is -0.0132 e. The predicted molar refractivity (Wildman–Crippen MR) is 108 cm³/mol. The first kappa shape index (κ1) is 22.0. The van der Waals surface area contributed by atoms with Gasteiger partial charge in [-0.05, 0) is 47.3 Å². The zero-order chi connectivity index (χ0) is 18.4. The minimum absolute atomic E-state index is 0.200. The van der Waals surface area contributed by atoms with Gasteiger partial charge in [-0.3, -0.25) is 0 Å². The molecule has 0 aliphatic heterocycles. The van der Waals surface area contributed by atoms with Crippen LogP contribution in [0.25, 0.3) is 6.08 Å². The van der Waals surface area contributed by atoms with Gasteiger partial charge in [-0.25, -0.2) is 0 Å². The van der Waals surface area contributed by atoms with Crippen molar-refractivity contribution in [3.05, 3.63) is 40.5 Å². The monoisotopic (exact) mass is 316 g/mol. The third kappa shape index (κ3) is 8.98. The van der Waals surface area contributed by atoms with Crippen LogP contribution in [0, 0.1) is 5.92 Å². The van der Waals surface area contributed by atoms with E-state index in [2.05, 4.69) is 100 Å². The zero-order valence-corrected chi connectivity index (χ0v) is 17.6. The minimum Gasteiger partial charge on any atom is -0.0758 e. The third-order valence-electron chi connectivity index (χ3n) is 3.96. The molecule has 0 spiro atoms. The first-order valence-electron chi connectivity index (χ1n) is 9.08. The molecule has 132 valence electrons. The Morgan fingerprint density at radius 1 is 0.870 bits per heavy atom. The summed E-state index contributed by atoms with van der Waals surface area (Å²) in [7, 11) is 0. The summed E-state index contributed by atoms with van der Waals surface area (Å²) in [5.41, 5.74) is 5.91. The molecule has 0 fully saturated rings. The van der Waals surface area contributed by atoms with Gasteiger partial charge in [-0.1, -0.05) is 98.6 Å². The molecular formula is C23H40. The Hall–Kier alpha value is -1.04. The molecule has 0 aromatic heterocycles. The Balaban J connectivity index is 0.000000841. The van der Waals surface area contributed by atoms with Crippen molar-refractivity contribution in [3.8, 4) is 0 Å². The first-order chi connectivity index (χ1) is 10.3. The molecule has 0 N–H and O–H groups in total. The molecule has 0 aliphatic carbocycles. The molecule has 0 saturated heterocycles. The third-order valence-corrected chi connectivity index (χ3v) is 3.96. The van der Waals surface area contributed by atoms with E-state index in [1.54, 1.807) is 0 Å². The quantitative estimate of drug-likeness (QED) is 0.523. The number of rotatable bonds is 2. The van der Waals surface area contributed by atoms with Crippen LogP contribution < -0.4 is 0 Å². The largest absolute Gasteiger partial charge is 0.0758 e. The highest BCUT2D eigenvalue weighted by Crippen LogP contribution is 2.30. The second kappa shape index (κ2) is 8.71. The van der Waals surface area contributed by atoms with Gasteiger partial charge in [-0.15, -0.1) is 0 Å². The van der Waals surface area contributed by atoms with E-state index in [0.29, 0.717) is 0 Å². The van der Waals surface area contributed by atoms with Gasteiger partial charge in [0.2, 0.25) is 0 Å². The highest BCUT2D eigenvalue weighted by Gasteiger charge is 2.19. The summed E-state index contributed by atoms with van der Waals surface area (Å²) in [6.07, 6.45) is 3.57. The van der Waals surface area contributed by atoms with E-state index < -0.39 is 0 Å². The van der Waals surface area contributed by atoms with Crippen LogP contribution in [0.2, 0.25) is 0 Å². The Kier molecular flexibility index (Phi) is 8.32. The molecule has 0 atom stereocenters. The van der Waals surface area contributed by atoms with Crippen LogP contribution >= 0.6 is 0 Å². The predicted octanol–water partition coefficient (Wildman–Crippen LogP) is 7.76. The van der Waals surface area contributed by atoms with Crippen LogP contribution in [0.15, 0.2) is 23.8 Å². The summed E-state index contributed by atoms with van der Waals surface area (Å²) in [5, 5.41) is 0. The van der Waals surface area contributed by atoms with Gasteiger partial charge in [0, 0.05) is 0 Å². The van der Waals surface area contributed by atoms with Crippen LogP contribution in [0.3, 0.4) is 0 Å². The molecule has 23 heavy (non-hydrogen) atoms. The standard InChI is InChI=1S/C18H28.C5H12/c1-13(2)9-14-10-15(17(3,4)5)12-16(11-14)18(6,7)8;1-4-5(2)3/h9-12H,1-8H3;5H,4H2,1-3H3. The summed E-state index contributed by atoms with van der Waals surface area (Å²) in [6.45, 7) is 24.6. The number of allylic oxidation sites excluding steroid dienone is 1. The second-order valence-electron chi connectivity index (χ2n) is 9.37. The lowest BCUT2D eigenvalue weighted by Gasteiger charge is -2.25. The highest BCUT2D eigenvalue weighted by atomic mass is 14.2. The molecule has 0 heteroatoms. The van der Waals surface area contributed by atoms with Gasteiger partial charge in [0.15, 0.2) is 0 Å². The van der Waals surface area contributed by atoms with E-state index in [-0.39, 0.29) is 10.8 Å². The number of hydrogen-bond acceptors (Lipinski definition) is 0. The lowest BCUT2D eigenvalue weighted by molar-refractivity contribution is 0.568. The molecule has 0 amide bonds. The number of benzene rings is 1. The molecule has 0 unspecified atom stereocenters. The van der Waals surface area contributed by atoms with Crippen LogP contribution in [0.1, 0.15) is 99.3 Å². The summed E-state index contributed by atoms with van der Waals surface area (Å²) in [4.78, 5) is 0. The maximum atomic E-state index is 2.36. The van der Waals surface area contributed by atoms with Crippen molar-refractivity contribution in [2.75, 3.05) is 0 Å². The van der Waals surface area contributed by atoms with E-state index in [0.717, 1.165) is 5.92 Å². The topological polar surface area (TPSA) is 0 Å². The van der Waals surface area contributed by atoms with Gasteiger partial charge in [-0.2, -0.15) is 0 Å². The Bertz CT molecular complexity index is 466. The summed E-state index contributed by atoms with van der Waals surface area (Å²) >= 11 is 0. The lowest BCUT2D eigenvalue weighted by Crippen LogP contribution is -2.16. The normalized spacial score (nSPS) is 11.8. The molecule has 1 aromatic rings. The summed E-state index contributed by atoms with van der Waals surface area (Å²) in [5.74, 6) is 0.884. The van der Waals surface area contributed by atoms with Crippen molar-refractivity contribution in [3.63, 3.8) is 0 Å². The Morgan fingerprint density at radius 2 is 1.22 bits per heavy atom. The van der Waals surface area contributed by atoms with Crippen molar-refractivity contribution >= 4 is 6.08 Å². The van der Waals surface area contributed by atoms with Crippen LogP contribution in [0.4, 0.5) is 0 Å². The van der Waals surface area contributed by atoms with Crippen molar-refractivity contribution in [2.45, 2.75) is 93.4 Å². The minimum atomic E-state index is 0.200. The zero-order valence-electron chi connectivity index (χ0n) is 17.6. The van der Waals surface area contributed by atoms with E-state index in [4.69, 9.17) is 0 Å². The Morgan fingerprint density at radius 3 is 1.43 bits per heavy atom. The van der Waals surface area contributed by atoms with Crippen molar-refractivity contribution in [1.82, 2.24) is 0 Å². The van der Waals surface area contributed by atoms with E-state index in [9.17, 15) is 0 Å². The van der Waals surface area contributed by atoms with E-state index in [1.165, 1.54) is 28.7 Å².